The maximum Gasteiger partial charge on any atom is 0.416 e. The fraction of sp³-hybridized carbons (Fsp3) is 0.0741. The van der Waals surface area contributed by atoms with E-state index in [-0.39, 0.29) is 39.3 Å². The number of amides is 2. The minimum Gasteiger partial charge on any atom is -0.340 e. The van der Waals surface area contributed by atoms with Gasteiger partial charge >= 0.3 is 6.18 Å². The Morgan fingerprint density at radius 2 is 1.83 bits per heavy atom. The minimum atomic E-state index is -4.90. The molecule has 1 atom stereocenters. The number of anilines is 1. The van der Waals surface area contributed by atoms with Crippen molar-refractivity contribution in [3.63, 3.8) is 0 Å². The van der Waals surface area contributed by atoms with Gasteiger partial charge in [-0.25, -0.2) is 23.3 Å². The standard InChI is InChI=1S/C27H14ClF5N6O2/c28-18-3-2-15(29)8-17(18)23-22-20(37-25(40)13-5-14(27(31,32)33)7-16(30)6-13)9-19(36-24(22)26(41)38-23)12-1-4-21-34-11-35-39(21)10-12/h1-11,23H,(H,38,41)(H,36,37,40)/t23-/m1/s1. The highest BCUT2D eigenvalue weighted by Crippen LogP contribution is 2.40. The molecule has 14 heteroatoms. The second-order valence-corrected chi connectivity index (χ2v) is 9.46. The maximum atomic E-state index is 14.2. The monoisotopic (exact) mass is 584 g/mol. The lowest BCUT2D eigenvalue weighted by Gasteiger charge is -2.19. The van der Waals surface area contributed by atoms with Crippen LogP contribution < -0.4 is 10.6 Å². The van der Waals surface area contributed by atoms with Crippen LogP contribution in [0.1, 0.15) is 43.6 Å². The molecule has 0 spiro atoms. The number of hydrogen-bond acceptors (Lipinski definition) is 5. The number of benzene rings is 2. The van der Waals surface area contributed by atoms with Crippen molar-refractivity contribution < 1.29 is 31.5 Å². The number of alkyl halides is 3. The molecular formula is C27H14ClF5N6O2. The van der Waals surface area contributed by atoms with Gasteiger partial charge in [-0.2, -0.15) is 18.3 Å². The van der Waals surface area contributed by atoms with Gasteiger partial charge in [-0.1, -0.05) is 11.6 Å². The Morgan fingerprint density at radius 1 is 1.02 bits per heavy atom. The number of fused-ring (bicyclic) bond motifs is 2. The van der Waals surface area contributed by atoms with E-state index in [2.05, 4.69) is 25.7 Å². The van der Waals surface area contributed by atoms with Gasteiger partial charge in [-0.05, 0) is 54.6 Å². The molecule has 2 amide bonds. The molecule has 1 aliphatic heterocycles. The number of nitrogens with zero attached hydrogens (tertiary/aromatic N) is 4. The van der Waals surface area contributed by atoms with Crippen LogP contribution in [0.4, 0.5) is 27.6 Å². The van der Waals surface area contributed by atoms with E-state index in [4.69, 9.17) is 11.6 Å². The average molecular weight is 585 g/mol. The molecule has 41 heavy (non-hydrogen) atoms. The van der Waals surface area contributed by atoms with E-state index < -0.39 is 46.8 Å². The Bertz CT molecular complexity index is 1890. The molecule has 0 unspecified atom stereocenters. The first kappa shape index (κ1) is 26.3. The van der Waals surface area contributed by atoms with Gasteiger partial charge in [-0.15, -0.1) is 0 Å². The van der Waals surface area contributed by atoms with Crippen molar-refractivity contribution in [3.05, 3.63) is 112 Å². The van der Waals surface area contributed by atoms with Crippen molar-refractivity contribution >= 4 is 34.7 Å². The van der Waals surface area contributed by atoms with Crippen LogP contribution in [0.3, 0.4) is 0 Å². The third kappa shape index (κ3) is 4.84. The highest BCUT2D eigenvalue weighted by molar-refractivity contribution is 6.31. The number of pyridine rings is 2. The van der Waals surface area contributed by atoms with Crippen molar-refractivity contribution in [2.45, 2.75) is 12.2 Å². The molecule has 206 valence electrons. The van der Waals surface area contributed by atoms with Crippen LogP contribution in [0.15, 0.2) is 67.1 Å². The van der Waals surface area contributed by atoms with E-state index in [0.717, 1.165) is 12.1 Å². The predicted molar refractivity (Wildman–Crippen MR) is 136 cm³/mol. The first-order valence-corrected chi connectivity index (χ1v) is 12.2. The van der Waals surface area contributed by atoms with E-state index in [0.29, 0.717) is 23.3 Å². The summed E-state index contributed by atoms with van der Waals surface area (Å²) in [5.74, 6) is -3.69. The first-order chi connectivity index (χ1) is 19.5. The number of aromatic nitrogens is 4. The SMILES string of the molecule is O=C(Nc1cc(-c2ccc3ncnn3c2)nc2c1[C@@H](c1cc(F)ccc1Cl)NC2=O)c1cc(F)cc(C(F)(F)F)c1. The fourth-order valence-corrected chi connectivity index (χ4v) is 4.79. The first-order valence-electron chi connectivity index (χ1n) is 11.8. The van der Waals surface area contributed by atoms with Crippen LogP contribution in [0, 0.1) is 11.6 Å². The molecule has 8 nitrogen and oxygen atoms in total. The quantitative estimate of drug-likeness (QED) is 0.259. The molecule has 0 saturated heterocycles. The van der Waals surface area contributed by atoms with Gasteiger partial charge in [0.1, 0.15) is 23.7 Å². The van der Waals surface area contributed by atoms with Gasteiger partial charge in [0.05, 0.1) is 23.0 Å². The Labute approximate surface area is 231 Å². The fourth-order valence-electron chi connectivity index (χ4n) is 4.56. The summed E-state index contributed by atoms with van der Waals surface area (Å²) in [6.45, 7) is 0. The molecular weight excluding hydrogens is 571 g/mol. The number of halogens is 6. The molecule has 2 aromatic carbocycles. The molecule has 0 saturated carbocycles. The Balaban J connectivity index is 1.51. The van der Waals surface area contributed by atoms with E-state index >= 15 is 0 Å². The van der Waals surface area contributed by atoms with Gasteiger partial charge in [-0.3, -0.25) is 9.59 Å². The summed E-state index contributed by atoms with van der Waals surface area (Å²) in [5, 5.41) is 9.30. The Kier molecular flexibility index (Phi) is 6.18. The lowest BCUT2D eigenvalue weighted by atomic mass is 9.97. The number of hydrogen-bond donors (Lipinski definition) is 2. The zero-order valence-corrected chi connectivity index (χ0v) is 21.1. The topological polar surface area (TPSA) is 101 Å². The lowest BCUT2D eigenvalue weighted by molar-refractivity contribution is -0.137. The molecule has 2 N–H and O–H groups in total. The van der Waals surface area contributed by atoms with Crippen molar-refractivity contribution in [3.8, 4) is 11.3 Å². The predicted octanol–water partition coefficient (Wildman–Crippen LogP) is 5.83. The zero-order chi connectivity index (χ0) is 29.1. The second-order valence-electron chi connectivity index (χ2n) is 9.05. The largest absolute Gasteiger partial charge is 0.416 e. The molecule has 1 aliphatic rings. The van der Waals surface area contributed by atoms with E-state index in [9.17, 15) is 31.5 Å². The third-order valence-electron chi connectivity index (χ3n) is 6.41. The minimum absolute atomic E-state index is 0.0461. The number of carbonyl (C=O) groups excluding carboxylic acids is 2. The number of carbonyl (C=O) groups is 2. The maximum absolute atomic E-state index is 14.2. The number of nitrogens with one attached hydrogen (secondary N) is 2. The third-order valence-corrected chi connectivity index (χ3v) is 6.76. The Hall–Kier alpha value is -4.91. The summed E-state index contributed by atoms with van der Waals surface area (Å²) >= 11 is 6.30. The normalized spacial score (nSPS) is 14.7. The van der Waals surface area contributed by atoms with Crippen molar-refractivity contribution in [2.24, 2.45) is 0 Å². The van der Waals surface area contributed by atoms with E-state index in [1.807, 2.05) is 0 Å². The molecule has 0 bridgehead atoms. The summed E-state index contributed by atoms with van der Waals surface area (Å²) in [7, 11) is 0. The summed E-state index contributed by atoms with van der Waals surface area (Å²) in [6.07, 6.45) is -2.01. The van der Waals surface area contributed by atoms with Crippen LogP contribution in [0.2, 0.25) is 5.02 Å². The summed E-state index contributed by atoms with van der Waals surface area (Å²) in [4.78, 5) is 34.8. The van der Waals surface area contributed by atoms with Gasteiger partial charge in [0, 0.05) is 33.5 Å². The molecule has 0 fully saturated rings. The molecule has 4 heterocycles. The van der Waals surface area contributed by atoms with Crippen LogP contribution in [-0.2, 0) is 6.18 Å². The summed E-state index contributed by atoms with van der Waals surface area (Å²) < 4.78 is 69.6. The van der Waals surface area contributed by atoms with Crippen LogP contribution in [0.25, 0.3) is 16.9 Å². The van der Waals surface area contributed by atoms with E-state index in [1.54, 1.807) is 18.3 Å². The van der Waals surface area contributed by atoms with Crippen molar-refractivity contribution in [2.75, 3.05) is 5.32 Å². The lowest BCUT2D eigenvalue weighted by Crippen LogP contribution is -2.21. The number of rotatable bonds is 4. The molecule has 3 aromatic heterocycles. The molecule has 6 rings (SSSR count). The highest BCUT2D eigenvalue weighted by atomic mass is 35.5. The zero-order valence-electron chi connectivity index (χ0n) is 20.3. The second kappa shape index (κ2) is 9.63. The van der Waals surface area contributed by atoms with Crippen LogP contribution in [-0.4, -0.2) is 31.4 Å². The smallest absolute Gasteiger partial charge is 0.340 e. The Morgan fingerprint density at radius 3 is 2.61 bits per heavy atom. The highest BCUT2D eigenvalue weighted by Gasteiger charge is 2.37. The van der Waals surface area contributed by atoms with Gasteiger partial charge in [0.2, 0.25) is 0 Å². The average Bonchev–Trinajstić information content (AvgIpc) is 3.53. The van der Waals surface area contributed by atoms with Crippen LogP contribution in [0.5, 0.6) is 0 Å². The van der Waals surface area contributed by atoms with Crippen molar-refractivity contribution in [1.29, 1.82) is 0 Å². The molecule has 5 aromatic rings. The summed E-state index contributed by atoms with van der Waals surface area (Å²) in [5.41, 5.74) is -0.760. The molecule has 0 radical (unpaired) electrons. The van der Waals surface area contributed by atoms with Gasteiger partial charge < -0.3 is 10.6 Å². The van der Waals surface area contributed by atoms with Gasteiger partial charge in [0.15, 0.2) is 5.65 Å². The van der Waals surface area contributed by atoms with E-state index in [1.165, 1.54) is 23.0 Å². The summed E-state index contributed by atoms with van der Waals surface area (Å²) in [6, 6.07) is 8.52. The van der Waals surface area contributed by atoms with Crippen LogP contribution >= 0.6 is 11.6 Å². The van der Waals surface area contributed by atoms with Gasteiger partial charge in [0.25, 0.3) is 11.8 Å². The van der Waals surface area contributed by atoms with Crippen molar-refractivity contribution in [1.82, 2.24) is 24.9 Å². The molecule has 0 aliphatic carbocycles.